The van der Waals surface area contributed by atoms with Gasteiger partial charge in [-0.25, -0.2) is 4.79 Å². The van der Waals surface area contributed by atoms with Crippen molar-refractivity contribution >= 4 is 6.03 Å². The number of alkyl halides is 9. The van der Waals surface area contributed by atoms with Crippen molar-refractivity contribution in [2.45, 2.75) is 44.3 Å². The Labute approximate surface area is 119 Å². The monoisotopic (exact) mass is 348 g/mol. The molecule has 3 nitrogen and oxygen atoms in total. The predicted octanol–water partition coefficient (Wildman–Crippen LogP) is 3.85. The molecule has 132 valence electrons. The molecule has 0 heterocycles. The van der Waals surface area contributed by atoms with Gasteiger partial charge in [0.25, 0.3) is 0 Å². The quantitative estimate of drug-likeness (QED) is 0.752. The predicted molar refractivity (Wildman–Crippen MR) is 57.0 cm³/mol. The van der Waals surface area contributed by atoms with E-state index in [1.807, 2.05) is 0 Å². The van der Waals surface area contributed by atoms with E-state index >= 15 is 0 Å². The maximum Gasteiger partial charge on any atom is 0.408 e. The summed E-state index contributed by atoms with van der Waals surface area (Å²) in [5.74, 6) is 0. The van der Waals surface area contributed by atoms with E-state index in [2.05, 4.69) is 0 Å². The minimum atomic E-state index is -5.21. The Kier molecular flexibility index (Phi) is 6.82. The van der Waals surface area contributed by atoms with E-state index in [9.17, 15) is 44.3 Å². The lowest BCUT2D eigenvalue weighted by molar-refractivity contribution is -0.171. The van der Waals surface area contributed by atoms with Gasteiger partial charge in [-0.2, -0.15) is 39.5 Å². The second-order valence-electron chi connectivity index (χ2n) is 4.33. The molecule has 0 aromatic rings. The van der Waals surface area contributed by atoms with E-state index in [4.69, 9.17) is 0 Å². The summed E-state index contributed by atoms with van der Waals surface area (Å²) in [6, 6.07) is -4.62. The Morgan fingerprint density at radius 1 is 1.00 bits per heavy atom. The molecule has 1 N–H and O–H groups in total. The van der Waals surface area contributed by atoms with Crippen molar-refractivity contribution in [1.82, 2.24) is 10.2 Å². The summed E-state index contributed by atoms with van der Waals surface area (Å²) < 4.78 is 110. The number of carbonyl (C=O) groups excluding carboxylic acids is 1. The first-order chi connectivity index (χ1) is 9.65. The molecule has 0 spiro atoms. The molecule has 0 aliphatic rings. The van der Waals surface area contributed by atoms with Gasteiger partial charge in [0.05, 0.1) is 0 Å². The standard InChI is InChI=1S/C10H13F9N2O/c1-2-21(5-9(14,15)16)7(22)20-6(10(17,18)19)3-4-8(11,12)13/h6H,2-5H2,1H3,(H,20,22)/t6-/m0/s1. The molecule has 0 aromatic carbocycles. The van der Waals surface area contributed by atoms with E-state index in [0.717, 1.165) is 6.92 Å². The summed E-state index contributed by atoms with van der Waals surface area (Å²) in [7, 11) is 0. The number of hydrogen-bond donors (Lipinski definition) is 1. The largest absolute Gasteiger partial charge is 0.408 e. The Balaban J connectivity index is 4.87. The summed E-state index contributed by atoms with van der Waals surface area (Å²) in [4.78, 5) is 11.4. The molecule has 0 aliphatic carbocycles. The lowest BCUT2D eigenvalue weighted by Crippen LogP contribution is -2.52. The van der Waals surface area contributed by atoms with Gasteiger partial charge in [0.15, 0.2) is 0 Å². The molecular formula is C10H13F9N2O. The van der Waals surface area contributed by atoms with Crippen LogP contribution in [-0.4, -0.2) is 48.6 Å². The third-order valence-corrected chi connectivity index (χ3v) is 2.45. The van der Waals surface area contributed by atoms with Crippen molar-refractivity contribution < 1.29 is 44.3 Å². The second kappa shape index (κ2) is 7.27. The van der Waals surface area contributed by atoms with E-state index in [-0.39, 0.29) is 4.90 Å². The molecule has 0 aliphatic heterocycles. The van der Waals surface area contributed by atoms with Gasteiger partial charge in [-0.05, 0) is 13.3 Å². The molecule has 22 heavy (non-hydrogen) atoms. The minimum absolute atomic E-state index is 0.0202. The van der Waals surface area contributed by atoms with E-state index in [0.29, 0.717) is 0 Å². The molecule has 0 aromatic heterocycles. The number of urea groups is 1. The summed E-state index contributed by atoms with van der Waals surface area (Å²) >= 11 is 0. The fourth-order valence-electron chi connectivity index (χ4n) is 1.41. The molecule has 0 fully saturated rings. The van der Waals surface area contributed by atoms with Gasteiger partial charge in [0, 0.05) is 13.0 Å². The van der Waals surface area contributed by atoms with Gasteiger partial charge < -0.3 is 10.2 Å². The Morgan fingerprint density at radius 2 is 1.50 bits per heavy atom. The highest BCUT2D eigenvalue weighted by molar-refractivity contribution is 5.74. The average molecular weight is 348 g/mol. The molecule has 12 heteroatoms. The number of amides is 2. The Morgan fingerprint density at radius 3 is 1.82 bits per heavy atom. The van der Waals surface area contributed by atoms with Crippen LogP contribution in [0.3, 0.4) is 0 Å². The maximum atomic E-state index is 12.5. The van der Waals surface area contributed by atoms with Gasteiger partial charge in [0.1, 0.15) is 12.6 Å². The number of nitrogens with one attached hydrogen (secondary N) is 1. The number of nitrogens with zero attached hydrogens (tertiary/aromatic N) is 1. The third kappa shape index (κ3) is 8.82. The van der Waals surface area contributed by atoms with Crippen LogP contribution in [-0.2, 0) is 0 Å². The van der Waals surface area contributed by atoms with Crippen molar-refractivity contribution in [2.24, 2.45) is 0 Å². The minimum Gasteiger partial charge on any atom is -0.326 e. The van der Waals surface area contributed by atoms with Crippen LogP contribution in [0.1, 0.15) is 19.8 Å². The van der Waals surface area contributed by atoms with Crippen LogP contribution in [0.4, 0.5) is 44.3 Å². The lowest BCUT2D eigenvalue weighted by Gasteiger charge is -2.27. The van der Waals surface area contributed by atoms with Crippen LogP contribution < -0.4 is 5.32 Å². The molecular weight excluding hydrogens is 335 g/mol. The van der Waals surface area contributed by atoms with Gasteiger partial charge in [-0.15, -0.1) is 0 Å². The average Bonchev–Trinajstić information content (AvgIpc) is 2.27. The van der Waals surface area contributed by atoms with Crippen molar-refractivity contribution in [1.29, 1.82) is 0 Å². The molecule has 0 saturated heterocycles. The van der Waals surface area contributed by atoms with Crippen molar-refractivity contribution in [3.8, 4) is 0 Å². The zero-order valence-corrected chi connectivity index (χ0v) is 11.2. The van der Waals surface area contributed by atoms with Gasteiger partial charge in [-0.3, -0.25) is 0 Å². The molecule has 0 radical (unpaired) electrons. The highest BCUT2D eigenvalue weighted by Gasteiger charge is 2.44. The Bertz CT molecular complexity index is 361. The Hall–Kier alpha value is -1.36. The van der Waals surface area contributed by atoms with E-state index in [1.54, 1.807) is 0 Å². The third-order valence-electron chi connectivity index (χ3n) is 2.45. The van der Waals surface area contributed by atoms with Crippen LogP contribution in [0.15, 0.2) is 0 Å². The number of carbonyl (C=O) groups is 1. The van der Waals surface area contributed by atoms with Gasteiger partial charge >= 0.3 is 24.6 Å². The molecule has 2 amide bonds. The second-order valence-corrected chi connectivity index (χ2v) is 4.33. The normalized spacial score (nSPS) is 14.6. The maximum absolute atomic E-state index is 12.5. The topological polar surface area (TPSA) is 32.3 Å². The first-order valence-electron chi connectivity index (χ1n) is 5.91. The summed E-state index contributed by atoms with van der Waals surface area (Å²) in [5.41, 5.74) is 0. The number of rotatable bonds is 5. The summed E-state index contributed by atoms with van der Waals surface area (Å²) in [6.07, 6.45) is -18.3. The zero-order valence-electron chi connectivity index (χ0n) is 11.2. The number of halogens is 9. The zero-order chi connectivity index (χ0) is 17.8. The van der Waals surface area contributed by atoms with Crippen LogP contribution in [0.2, 0.25) is 0 Å². The van der Waals surface area contributed by atoms with Gasteiger partial charge in [0.2, 0.25) is 0 Å². The van der Waals surface area contributed by atoms with Crippen molar-refractivity contribution in [2.75, 3.05) is 13.1 Å². The smallest absolute Gasteiger partial charge is 0.326 e. The van der Waals surface area contributed by atoms with Crippen LogP contribution in [0.25, 0.3) is 0 Å². The molecule has 1 atom stereocenters. The van der Waals surface area contributed by atoms with Crippen molar-refractivity contribution in [3.63, 3.8) is 0 Å². The first kappa shape index (κ1) is 20.6. The van der Waals surface area contributed by atoms with Crippen LogP contribution in [0.5, 0.6) is 0 Å². The van der Waals surface area contributed by atoms with E-state index in [1.165, 1.54) is 5.32 Å². The highest BCUT2D eigenvalue weighted by atomic mass is 19.4. The first-order valence-corrected chi connectivity index (χ1v) is 5.91. The molecule has 0 bridgehead atoms. The SMILES string of the molecule is CCN(CC(F)(F)F)C(=O)N[C@@H](CCC(F)(F)F)C(F)(F)F. The molecule has 0 unspecified atom stereocenters. The lowest BCUT2D eigenvalue weighted by atomic mass is 10.1. The molecule has 0 saturated carbocycles. The molecule has 0 rings (SSSR count). The highest BCUT2D eigenvalue weighted by Crippen LogP contribution is 2.29. The van der Waals surface area contributed by atoms with Crippen molar-refractivity contribution in [3.05, 3.63) is 0 Å². The van der Waals surface area contributed by atoms with Crippen LogP contribution in [0, 0.1) is 0 Å². The fourth-order valence-corrected chi connectivity index (χ4v) is 1.41. The van der Waals surface area contributed by atoms with Gasteiger partial charge in [-0.1, -0.05) is 0 Å². The summed E-state index contributed by atoms with van der Waals surface area (Å²) in [5, 5.41) is 1.17. The van der Waals surface area contributed by atoms with Crippen LogP contribution >= 0.6 is 0 Å². The van der Waals surface area contributed by atoms with E-state index < -0.39 is 56.5 Å². The number of hydrogen-bond acceptors (Lipinski definition) is 1. The summed E-state index contributed by atoms with van der Waals surface area (Å²) in [6.45, 7) is -1.28. The fraction of sp³-hybridized carbons (Fsp3) is 0.900.